The molecular weight excluding hydrogens is 825 g/mol. The molecule has 0 spiro atoms. The molecule has 0 aliphatic carbocycles. The van der Waals surface area contributed by atoms with E-state index in [0.717, 1.165) is 122 Å². The Morgan fingerprint density at radius 3 is 1.26 bits per heavy atom. The Morgan fingerprint density at radius 2 is 0.818 bits per heavy atom. The van der Waals surface area contributed by atoms with Crippen molar-refractivity contribution >= 4 is 23.8 Å². The largest absolute Gasteiger partial charge is 0.480 e. The van der Waals surface area contributed by atoms with E-state index in [1.54, 1.807) is 0 Å². The Balaban J connectivity index is 4.35. The molecule has 66 heavy (non-hydrogen) atoms. The molecule has 0 heterocycles. The summed E-state index contributed by atoms with van der Waals surface area (Å²) in [5.41, 5.74) is 0. The highest BCUT2D eigenvalue weighted by molar-refractivity contribution is 5.87. The van der Waals surface area contributed by atoms with Crippen LogP contribution < -0.4 is 10.6 Å². The summed E-state index contributed by atoms with van der Waals surface area (Å²) in [6, 6.07) is -1.39. The molecule has 0 rings (SSSR count). The molecular formula is C57H94N2O7. The summed E-state index contributed by atoms with van der Waals surface area (Å²) in [7, 11) is 0. The molecule has 4 N–H and O–H groups in total. The number of carboxylic acids is 1. The normalized spacial score (nSPS) is 13.3. The number of amides is 2. The number of hydrogen-bond donors (Lipinski definition) is 4. The van der Waals surface area contributed by atoms with Crippen molar-refractivity contribution in [2.24, 2.45) is 0 Å². The molecule has 0 saturated carbocycles. The fourth-order valence-corrected chi connectivity index (χ4v) is 7.17. The summed E-state index contributed by atoms with van der Waals surface area (Å²) in [5, 5.41) is 22.6. The monoisotopic (exact) mass is 919 g/mol. The lowest BCUT2D eigenvalue weighted by atomic mass is 10.0. The summed E-state index contributed by atoms with van der Waals surface area (Å²) in [4.78, 5) is 47.8. The summed E-state index contributed by atoms with van der Waals surface area (Å²) in [5.74, 6) is -2.34. The van der Waals surface area contributed by atoms with Crippen LogP contribution in [0.2, 0.25) is 0 Å². The average Bonchev–Trinajstić information content (AvgIpc) is 3.30. The van der Waals surface area contributed by atoms with Gasteiger partial charge in [0, 0.05) is 12.8 Å². The van der Waals surface area contributed by atoms with Crippen molar-refractivity contribution in [2.75, 3.05) is 13.2 Å². The standard InChI is InChI=1S/C57H94N2O7/c1-3-5-7-9-11-13-15-17-19-20-21-22-23-24-25-26-28-30-32-34-36-41-45-49-56(63)66-52(46-42-38-35-33-31-29-27-18-16-14-12-10-8-6-4-2)47-43-39-37-40-44-48-54(61)58-50-55(62)59-53(51-60)57(64)65/h5-8,11-14,17-19,21-22,27,31,33,52-53,60H,3-4,9-10,15-16,20,23-26,28-30,32,34-51H2,1-2H3,(H,58,61)(H,59,62)(H,64,65)/b7-5-,8-6-,13-11-,14-12-,19-17-,22-21-,27-18-,33-31-. The number of aliphatic hydroxyl groups is 1. The second-order valence-corrected chi connectivity index (χ2v) is 17.2. The zero-order valence-corrected chi connectivity index (χ0v) is 41.7. The van der Waals surface area contributed by atoms with Crippen molar-refractivity contribution in [3.63, 3.8) is 0 Å². The van der Waals surface area contributed by atoms with Gasteiger partial charge in [-0.05, 0) is 116 Å². The van der Waals surface area contributed by atoms with Crippen molar-refractivity contribution < 1.29 is 34.1 Å². The van der Waals surface area contributed by atoms with E-state index in [0.29, 0.717) is 12.8 Å². The number of carbonyl (C=O) groups is 4. The highest BCUT2D eigenvalue weighted by Gasteiger charge is 2.19. The summed E-state index contributed by atoms with van der Waals surface area (Å²) < 4.78 is 6.05. The summed E-state index contributed by atoms with van der Waals surface area (Å²) >= 11 is 0. The highest BCUT2D eigenvalue weighted by atomic mass is 16.5. The number of carbonyl (C=O) groups excluding carboxylic acids is 3. The number of nitrogens with one attached hydrogen (secondary N) is 2. The van der Waals surface area contributed by atoms with Crippen LogP contribution in [-0.2, 0) is 23.9 Å². The molecule has 0 aromatic heterocycles. The van der Waals surface area contributed by atoms with Gasteiger partial charge in [0.1, 0.15) is 12.1 Å². The molecule has 374 valence electrons. The van der Waals surface area contributed by atoms with Crippen LogP contribution in [0.25, 0.3) is 0 Å². The van der Waals surface area contributed by atoms with Crippen LogP contribution >= 0.6 is 0 Å². The maximum absolute atomic E-state index is 12.9. The van der Waals surface area contributed by atoms with Crippen molar-refractivity contribution in [3.05, 3.63) is 97.2 Å². The number of aliphatic carboxylic acids is 1. The maximum atomic E-state index is 12.9. The Morgan fingerprint density at radius 1 is 0.455 bits per heavy atom. The number of carboxylic acid groups (broad SMARTS) is 1. The van der Waals surface area contributed by atoms with Crippen LogP contribution in [0.3, 0.4) is 0 Å². The topological polar surface area (TPSA) is 142 Å². The first kappa shape index (κ1) is 61.8. The average molecular weight is 919 g/mol. The predicted molar refractivity (Wildman–Crippen MR) is 277 cm³/mol. The van der Waals surface area contributed by atoms with Gasteiger partial charge >= 0.3 is 11.9 Å². The van der Waals surface area contributed by atoms with Crippen LogP contribution in [0.4, 0.5) is 0 Å². The van der Waals surface area contributed by atoms with Crippen molar-refractivity contribution in [3.8, 4) is 0 Å². The molecule has 0 radical (unpaired) electrons. The SMILES string of the molecule is CC/C=C\C/C=C\C/C=C\C/C=C\CCCCCCCCCCCCC(=O)OC(CCCC/C=C\C/C=C\C/C=C\C/C=C\CC)CCCCCCCC(=O)NCC(=O)NC(CO)C(=O)O. The molecule has 0 aromatic rings. The van der Waals surface area contributed by atoms with Gasteiger partial charge in [0.05, 0.1) is 13.2 Å². The Labute approximate surface area is 402 Å². The van der Waals surface area contributed by atoms with Gasteiger partial charge in [0.15, 0.2) is 0 Å². The molecule has 0 aliphatic rings. The van der Waals surface area contributed by atoms with Crippen LogP contribution in [0.1, 0.15) is 213 Å². The van der Waals surface area contributed by atoms with E-state index in [9.17, 15) is 19.2 Å². The van der Waals surface area contributed by atoms with Crippen molar-refractivity contribution in [1.82, 2.24) is 10.6 Å². The molecule has 0 aromatic carbocycles. The number of rotatable bonds is 46. The second-order valence-electron chi connectivity index (χ2n) is 17.2. The minimum absolute atomic E-state index is 0.0627. The minimum atomic E-state index is -1.39. The van der Waals surface area contributed by atoms with Crippen LogP contribution in [0, 0.1) is 0 Å². The molecule has 2 unspecified atom stereocenters. The third kappa shape index (κ3) is 46.3. The van der Waals surface area contributed by atoms with Crippen molar-refractivity contribution in [1.29, 1.82) is 0 Å². The van der Waals surface area contributed by atoms with Gasteiger partial charge in [0.25, 0.3) is 0 Å². The quantitative estimate of drug-likeness (QED) is 0.0271. The van der Waals surface area contributed by atoms with Gasteiger partial charge < -0.3 is 25.6 Å². The molecule has 2 atom stereocenters. The maximum Gasteiger partial charge on any atom is 0.328 e. The highest BCUT2D eigenvalue weighted by Crippen LogP contribution is 2.18. The molecule has 2 amide bonds. The van der Waals surface area contributed by atoms with Gasteiger partial charge in [-0.3, -0.25) is 14.4 Å². The number of esters is 1. The Hall–Kier alpha value is -4.24. The van der Waals surface area contributed by atoms with E-state index >= 15 is 0 Å². The molecule has 0 bridgehead atoms. The van der Waals surface area contributed by atoms with E-state index in [1.165, 1.54) is 57.8 Å². The van der Waals surface area contributed by atoms with E-state index in [1.807, 2.05) is 0 Å². The van der Waals surface area contributed by atoms with E-state index in [2.05, 4.69) is 122 Å². The molecule has 9 heteroatoms. The van der Waals surface area contributed by atoms with Crippen LogP contribution in [-0.4, -0.2) is 59.3 Å². The van der Waals surface area contributed by atoms with Gasteiger partial charge in [-0.25, -0.2) is 4.79 Å². The van der Waals surface area contributed by atoms with E-state index in [4.69, 9.17) is 14.9 Å². The fraction of sp³-hybridized carbons (Fsp3) is 0.649. The van der Waals surface area contributed by atoms with E-state index in [-0.39, 0.29) is 30.9 Å². The molecule has 0 aliphatic heterocycles. The fourth-order valence-electron chi connectivity index (χ4n) is 7.17. The number of aliphatic hydroxyl groups excluding tert-OH is 1. The first-order valence-electron chi connectivity index (χ1n) is 26.1. The van der Waals surface area contributed by atoms with Gasteiger partial charge in [-0.2, -0.15) is 0 Å². The Kier molecular flexibility index (Phi) is 47.0. The second kappa shape index (κ2) is 50.2. The zero-order valence-electron chi connectivity index (χ0n) is 41.7. The molecule has 0 fully saturated rings. The first-order chi connectivity index (χ1) is 32.3. The molecule has 0 saturated heterocycles. The number of allylic oxidation sites excluding steroid dienone is 16. The van der Waals surface area contributed by atoms with Gasteiger partial charge in [-0.1, -0.05) is 182 Å². The lowest BCUT2D eigenvalue weighted by molar-refractivity contribution is -0.150. The predicted octanol–water partition coefficient (Wildman–Crippen LogP) is 14.2. The Bertz CT molecular complexity index is 1420. The zero-order chi connectivity index (χ0) is 48.2. The van der Waals surface area contributed by atoms with Gasteiger partial charge in [-0.15, -0.1) is 0 Å². The lowest BCUT2D eigenvalue weighted by Gasteiger charge is -2.18. The summed E-state index contributed by atoms with van der Waals surface area (Å²) in [6.07, 6.45) is 67.3. The molecule has 9 nitrogen and oxygen atoms in total. The smallest absolute Gasteiger partial charge is 0.328 e. The lowest BCUT2D eigenvalue weighted by Crippen LogP contribution is -2.47. The number of hydrogen-bond acceptors (Lipinski definition) is 6. The first-order valence-corrected chi connectivity index (χ1v) is 26.1. The van der Waals surface area contributed by atoms with Crippen LogP contribution in [0.15, 0.2) is 97.2 Å². The van der Waals surface area contributed by atoms with Gasteiger partial charge in [0.2, 0.25) is 11.8 Å². The number of unbranched alkanes of at least 4 members (excludes halogenated alkanes) is 16. The van der Waals surface area contributed by atoms with E-state index < -0.39 is 24.5 Å². The van der Waals surface area contributed by atoms with Crippen molar-refractivity contribution in [2.45, 2.75) is 225 Å². The van der Waals surface area contributed by atoms with Crippen LogP contribution in [0.5, 0.6) is 0 Å². The third-order valence-corrected chi connectivity index (χ3v) is 11.1. The number of ether oxygens (including phenoxy) is 1. The summed E-state index contributed by atoms with van der Waals surface area (Å²) in [6.45, 7) is 3.26. The minimum Gasteiger partial charge on any atom is -0.480 e. The third-order valence-electron chi connectivity index (χ3n) is 11.1.